The Balaban J connectivity index is 1.96. The summed E-state index contributed by atoms with van der Waals surface area (Å²) in [5, 5.41) is 2.95. The van der Waals surface area contributed by atoms with Crippen molar-refractivity contribution in [2.24, 2.45) is 0 Å². The van der Waals surface area contributed by atoms with Gasteiger partial charge in [-0.1, -0.05) is 50.2 Å². The quantitative estimate of drug-likeness (QED) is 0.873. The van der Waals surface area contributed by atoms with Gasteiger partial charge in [0.05, 0.1) is 6.54 Å². The van der Waals surface area contributed by atoms with Gasteiger partial charge in [0, 0.05) is 17.8 Å². The van der Waals surface area contributed by atoms with E-state index in [9.17, 15) is 9.18 Å². The first-order valence-corrected chi connectivity index (χ1v) is 7.78. The molecular formula is C19H23FN2O. The molecule has 0 atom stereocenters. The van der Waals surface area contributed by atoms with Gasteiger partial charge in [-0.3, -0.25) is 9.69 Å². The van der Waals surface area contributed by atoms with Gasteiger partial charge in [0.25, 0.3) is 0 Å². The lowest BCUT2D eigenvalue weighted by Gasteiger charge is -2.18. The molecule has 0 radical (unpaired) electrons. The smallest absolute Gasteiger partial charge is 0.238 e. The minimum Gasteiger partial charge on any atom is -0.325 e. The summed E-state index contributed by atoms with van der Waals surface area (Å²) in [4.78, 5) is 14.0. The van der Waals surface area contributed by atoms with Crippen molar-refractivity contribution in [2.45, 2.75) is 26.3 Å². The number of anilines is 1. The maximum atomic E-state index is 13.6. The Labute approximate surface area is 137 Å². The second kappa shape index (κ2) is 7.88. The van der Waals surface area contributed by atoms with Crippen LogP contribution in [0, 0.1) is 5.82 Å². The first kappa shape index (κ1) is 17.2. The SMILES string of the molecule is CC(C)c1ccccc1NC(=O)CN(C)Cc1ccccc1F. The van der Waals surface area contributed by atoms with E-state index in [0.29, 0.717) is 18.0 Å². The summed E-state index contributed by atoms with van der Waals surface area (Å²) in [6.45, 7) is 4.79. The number of carbonyl (C=O) groups is 1. The minimum absolute atomic E-state index is 0.100. The van der Waals surface area contributed by atoms with Crippen molar-refractivity contribution < 1.29 is 9.18 Å². The molecule has 3 nitrogen and oxygen atoms in total. The lowest BCUT2D eigenvalue weighted by atomic mass is 10.0. The van der Waals surface area contributed by atoms with E-state index in [2.05, 4.69) is 19.2 Å². The summed E-state index contributed by atoms with van der Waals surface area (Å²) >= 11 is 0. The van der Waals surface area contributed by atoms with E-state index in [0.717, 1.165) is 11.3 Å². The highest BCUT2D eigenvalue weighted by molar-refractivity contribution is 5.93. The van der Waals surface area contributed by atoms with Crippen LogP contribution in [-0.2, 0) is 11.3 Å². The molecule has 0 aliphatic rings. The Morgan fingerprint density at radius 2 is 1.78 bits per heavy atom. The number of halogens is 1. The van der Waals surface area contributed by atoms with Gasteiger partial charge in [-0.2, -0.15) is 0 Å². The van der Waals surface area contributed by atoms with Crippen molar-refractivity contribution >= 4 is 11.6 Å². The Hall–Kier alpha value is -2.20. The van der Waals surface area contributed by atoms with Gasteiger partial charge >= 0.3 is 0 Å². The highest BCUT2D eigenvalue weighted by atomic mass is 19.1. The number of benzene rings is 2. The van der Waals surface area contributed by atoms with Crippen LogP contribution in [0.1, 0.15) is 30.9 Å². The van der Waals surface area contributed by atoms with Crippen LogP contribution in [0.5, 0.6) is 0 Å². The highest BCUT2D eigenvalue weighted by Gasteiger charge is 2.12. The Bertz CT molecular complexity index is 670. The maximum absolute atomic E-state index is 13.6. The number of likely N-dealkylation sites (N-methyl/N-ethyl adjacent to an activating group) is 1. The van der Waals surface area contributed by atoms with Gasteiger partial charge in [0.15, 0.2) is 0 Å². The van der Waals surface area contributed by atoms with Crippen LogP contribution < -0.4 is 5.32 Å². The third kappa shape index (κ3) is 4.89. The van der Waals surface area contributed by atoms with E-state index >= 15 is 0 Å². The summed E-state index contributed by atoms with van der Waals surface area (Å²) in [6.07, 6.45) is 0. The maximum Gasteiger partial charge on any atom is 0.238 e. The molecule has 0 heterocycles. The van der Waals surface area contributed by atoms with E-state index in [4.69, 9.17) is 0 Å². The van der Waals surface area contributed by atoms with Gasteiger partial charge in [-0.25, -0.2) is 4.39 Å². The van der Waals surface area contributed by atoms with E-state index in [-0.39, 0.29) is 18.3 Å². The fourth-order valence-corrected chi connectivity index (χ4v) is 2.52. The Morgan fingerprint density at radius 3 is 2.48 bits per heavy atom. The molecule has 0 aliphatic carbocycles. The Kier molecular flexibility index (Phi) is 5.88. The van der Waals surface area contributed by atoms with Gasteiger partial charge in [-0.15, -0.1) is 0 Å². The number of nitrogens with one attached hydrogen (secondary N) is 1. The second-order valence-corrected chi connectivity index (χ2v) is 6.05. The third-order valence-corrected chi connectivity index (χ3v) is 3.67. The predicted octanol–water partition coefficient (Wildman–Crippen LogP) is 4.02. The van der Waals surface area contributed by atoms with Crippen LogP contribution in [0.15, 0.2) is 48.5 Å². The molecule has 0 spiro atoms. The first-order valence-electron chi connectivity index (χ1n) is 7.78. The zero-order chi connectivity index (χ0) is 16.8. The van der Waals surface area contributed by atoms with Gasteiger partial charge in [-0.05, 0) is 30.7 Å². The topological polar surface area (TPSA) is 32.3 Å². The van der Waals surface area contributed by atoms with Crippen LogP contribution >= 0.6 is 0 Å². The molecule has 23 heavy (non-hydrogen) atoms. The zero-order valence-corrected chi connectivity index (χ0v) is 13.8. The van der Waals surface area contributed by atoms with Crippen molar-refractivity contribution in [2.75, 3.05) is 18.9 Å². The van der Waals surface area contributed by atoms with Crippen LogP contribution in [0.4, 0.5) is 10.1 Å². The molecule has 0 aliphatic heterocycles. The average molecular weight is 314 g/mol. The number of carbonyl (C=O) groups excluding carboxylic acids is 1. The van der Waals surface area contributed by atoms with Gasteiger partial charge < -0.3 is 5.32 Å². The molecule has 0 fully saturated rings. The van der Waals surface area contributed by atoms with Crippen molar-refractivity contribution in [3.05, 3.63) is 65.5 Å². The molecule has 4 heteroatoms. The summed E-state index contributed by atoms with van der Waals surface area (Å²) in [5.74, 6) is -0.00973. The van der Waals surface area contributed by atoms with Crippen molar-refractivity contribution in [1.29, 1.82) is 0 Å². The highest BCUT2D eigenvalue weighted by Crippen LogP contribution is 2.23. The fourth-order valence-electron chi connectivity index (χ4n) is 2.52. The molecule has 1 N–H and O–H groups in total. The Morgan fingerprint density at radius 1 is 1.13 bits per heavy atom. The van der Waals surface area contributed by atoms with Crippen LogP contribution in [0.25, 0.3) is 0 Å². The summed E-state index contributed by atoms with van der Waals surface area (Å²) in [7, 11) is 1.81. The molecule has 1 amide bonds. The van der Waals surface area contributed by atoms with Crippen LogP contribution in [0.2, 0.25) is 0 Å². The van der Waals surface area contributed by atoms with Gasteiger partial charge in [0.2, 0.25) is 5.91 Å². The molecular weight excluding hydrogens is 291 g/mol. The van der Waals surface area contributed by atoms with E-state index in [1.54, 1.807) is 30.1 Å². The number of nitrogens with zero attached hydrogens (tertiary/aromatic N) is 1. The molecule has 0 saturated carbocycles. The lowest BCUT2D eigenvalue weighted by Crippen LogP contribution is -2.30. The van der Waals surface area contributed by atoms with E-state index < -0.39 is 0 Å². The van der Waals surface area contributed by atoms with Crippen molar-refractivity contribution in [3.63, 3.8) is 0 Å². The normalized spacial score (nSPS) is 11.0. The monoisotopic (exact) mass is 314 g/mol. The third-order valence-electron chi connectivity index (χ3n) is 3.67. The van der Waals surface area contributed by atoms with Crippen LogP contribution in [-0.4, -0.2) is 24.4 Å². The van der Waals surface area contributed by atoms with Crippen molar-refractivity contribution in [1.82, 2.24) is 4.90 Å². The molecule has 0 bridgehead atoms. The minimum atomic E-state index is -0.245. The number of amides is 1. The molecule has 122 valence electrons. The van der Waals surface area contributed by atoms with E-state index in [1.165, 1.54) is 6.07 Å². The summed E-state index contributed by atoms with van der Waals surface area (Å²) in [5.41, 5.74) is 2.54. The zero-order valence-electron chi connectivity index (χ0n) is 13.8. The predicted molar refractivity (Wildman–Crippen MR) is 91.9 cm³/mol. The average Bonchev–Trinajstić information content (AvgIpc) is 2.49. The van der Waals surface area contributed by atoms with Gasteiger partial charge in [0.1, 0.15) is 5.82 Å². The molecule has 2 aromatic rings. The number of para-hydroxylation sites is 1. The molecule has 0 aromatic heterocycles. The number of hydrogen-bond donors (Lipinski definition) is 1. The number of rotatable bonds is 6. The molecule has 2 rings (SSSR count). The molecule has 0 saturated heterocycles. The fraction of sp³-hybridized carbons (Fsp3) is 0.316. The standard InChI is InChI=1S/C19H23FN2O/c1-14(2)16-9-5-7-11-18(16)21-19(23)13-22(3)12-15-8-4-6-10-17(15)20/h4-11,14H,12-13H2,1-3H3,(H,21,23). The molecule has 0 unspecified atom stereocenters. The lowest BCUT2D eigenvalue weighted by molar-refractivity contribution is -0.117. The number of hydrogen-bond acceptors (Lipinski definition) is 2. The summed E-state index contributed by atoms with van der Waals surface area (Å²) in [6, 6.07) is 14.4. The largest absolute Gasteiger partial charge is 0.325 e. The van der Waals surface area contributed by atoms with E-state index in [1.807, 2.05) is 24.3 Å². The molecule has 2 aromatic carbocycles. The second-order valence-electron chi connectivity index (χ2n) is 6.05. The first-order chi connectivity index (χ1) is 11.0. The van der Waals surface area contributed by atoms with Crippen molar-refractivity contribution in [3.8, 4) is 0 Å². The van der Waals surface area contributed by atoms with Crippen LogP contribution in [0.3, 0.4) is 0 Å². The summed E-state index contributed by atoms with van der Waals surface area (Å²) < 4.78 is 13.6.